The Kier molecular flexibility index (Phi) is 4.74. The summed E-state index contributed by atoms with van der Waals surface area (Å²) in [5.41, 5.74) is 2.02. The molecule has 4 nitrogen and oxygen atoms in total. The molecule has 4 rings (SSSR count). The summed E-state index contributed by atoms with van der Waals surface area (Å²) in [7, 11) is 0. The summed E-state index contributed by atoms with van der Waals surface area (Å²) in [6.07, 6.45) is 0. The molecule has 0 amide bonds. The Bertz CT molecular complexity index is 746. The third-order valence-corrected chi connectivity index (χ3v) is 5.29. The third kappa shape index (κ3) is 3.75. The second kappa shape index (κ2) is 7.30. The van der Waals surface area contributed by atoms with Gasteiger partial charge >= 0.3 is 0 Å². The molecular weight excluding hydrogens is 318 g/mol. The second-order valence-electron chi connectivity index (χ2n) is 6.18. The van der Waals surface area contributed by atoms with E-state index >= 15 is 0 Å². The summed E-state index contributed by atoms with van der Waals surface area (Å²) in [6, 6.07) is 16.6. The van der Waals surface area contributed by atoms with Gasteiger partial charge in [0.1, 0.15) is 5.69 Å². The number of hydrogen-bond acceptors (Lipinski definition) is 5. The van der Waals surface area contributed by atoms with Gasteiger partial charge in [0.15, 0.2) is 5.76 Å². The van der Waals surface area contributed by atoms with Crippen molar-refractivity contribution in [1.29, 1.82) is 0 Å². The maximum absolute atomic E-state index is 5.53. The van der Waals surface area contributed by atoms with E-state index in [1.165, 1.54) is 4.88 Å². The topological polar surface area (TPSA) is 32.5 Å². The number of benzene rings is 1. The zero-order valence-corrected chi connectivity index (χ0v) is 14.4. The van der Waals surface area contributed by atoms with Gasteiger partial charge in [-0.05, 0) is 11.4 Å². The Balaban J connectivity index is 1.30. The van der Waals surface area contributed by atoms with Gasteiger partial charge in [0.05, 0.1) is 6.54 Å². The van der Waals surface area contributed by atoms with Gasteiger partial charge in [0.2, 0.25) is 0 Å². The number of aromatic nitrogens is 1. The molecule has 2 aromatic heterocycles. The van der Waals surface area contributed by atoms with Crippen molar-refractivity contribution in [2.75, 3.05) is 26.2 Å². The van der Waals surface area contributed by atoms with Gasteiger partial charge in [-0.15, -0.1) is 11.3 Å². The molecule has 0 radical (unpaired) electrons. The van der Waals surface area contributed by atoms with Crippen LogP contribution in [0, 0.1) is 0 Å². The van der Waals surface area contributed by atoms with Crippen LogP contribution < -0.4 is 0 Å². The standard InChI is InChI=1S/C19H21N3OS/c1-2-5-16(6-3-1)19-13-17(23-20-19)14-21-8-10-22(11-9-21)15-18-7-4-12-24-18/h1-7,12-13H,8-11,14-15H2. The molecule has 124 valence electrons. The van der Waals surface area contributed by atoms with Crippen LogP contribution in [0.3, 0.4) is 0 Å². The van der Waals surface area contributed by atoms with Crippen LogP contribution in [0.1, 0.15) is 10.6 Å². The zero-order valence-electron chi connectivity index (χ0n) is 13.6. The van der Waals surface area contributed by atoms with Crippen molar-refractivity contribution in [1.82, 2.24) is 15.0 Å². The number of nitrogens with zero attached hydrogens (tertiary/aromatic N) is 3. The van der Waals surface area contributed by atoms with E-state index in [2.05, 4.69) is 50.7 Å². The highest BCUT2D eigenvalue weighted by molar-refractivity contribution is 7.09. The van der Waals surface area contributed by atoms with Crippen LogP contribution in [0.5, 0.6) is 0 Å². The smallest absolute Gasteiger partial charge is 0.151 e. The summed E-state index contributed by atoms with van der Waals surface area (Å²) >= 11 is 1.84. The molecule has 24 heavy (non-hydrogen) atoms. The quantitative estimate of drug-likeness (QED) is 0.709. The molecule has 0 saturated carbocycles. The highest BCUT2D eigenvalue weighted by Gasteiger charge is 2.19. The first-order valence-corrected chi connectivity index (χ1v) is 9.23. The van der Waals surface area contributed by atoms with Gasteiger partial charge in [0, 0.05) is 49.2 Å². The molecular formula is C19H21N3OS. The number of piperazine rings is 1. The minimum atomic E-state index is 0.840. The lowest BCUT2D eigenvalue weighted by Gasteiger charge is -2.33. The monoisotopic (exact) mass is 339 g/mol. The van der Waals surface area contributed by atoms with Gasteiger partial charge in [-0.3, -0.25) is 9.80 Å². The molecule has 1 aromatic carbocycles. The van der Waals surface area contributed by atoms with Gasteiger partial charge in [-0.1, -0.05) is 41.6 Å². The molecule has 0 N–H and O–H groups in total. The van der Waals surface area contributed by atoms with E-state index in [4.69, 9.17) is 4.52 Å². The van der Waals surface area contributed by atoms with Crippen molar-refractivity contribution in [3.05, 3.63) is 64.5 Å². The summed E-state index contributed by atoms with van der Waals surface area (Å²) in [4.78, 5) is 6.42. The summed E-state index contributed by atoms with van der Waals surface area (Å²) < 4.78 is 5.53. The molecule has 0 unspecified atom stereocenters. The van der Waals surface area contributed by atoms with Crippen LogP contribution in [-0.2, 0) is 13.1 Å². The van der Waals surface area contributed by atoms with E-state index in [9.17, 15) is 0 Å². The minimum absolute atomic E-state index is 0.840. The van der Waals surface area contributed by atoms with Gasteiger partial charge in [-0.25, -0.2) is 0 Å². The predicted molar refractivity (Wildman–Crippen MR) is 96.8 cm³/mol. The lowest BCUT2D eigenvalue weighted by atomic mass is 10.1. The second-order valence-corrected chi connectivity index (χ2v) is 7.21. The first kappa shape index (κ1) is 15.6. The Hall–Kier alpha value is -1.95. The van der Waals surface area contributed by atoms with Crippen LogP contribution in [0.15, 0.2) is 58.4 Å². The van der Waals surface area contributed by atoms with E-state index in [0.717, 1.165) is 56.3 Å². The average Bonchev–Trinajstić information content (AvgIpc) is 3.29. The molecule has 3 heterocycles. The Morgan fingerprint density at radius 2 is 1.67 bits per heavy atom. The van der Waals surface area contributed by atoms with E-state index in [0.29, 0.717) is 0 Å². The maximum Gasteiger partial charge on any atom is 0.151 e. The van der Waals surface area contributed by atoms with Gasteiger partial charge in [0.25, 0.3) is 0 Å². The molecule has 0 aliphatic carbocycles. The lowest BCUT2D eigenvalue weighted by molar-refractivity contribution is 0.114. The van der Waals surface area contributed by atoms with Crippen LogP contribution in [0.4, 0.5) is 0 Å². The third-order valence-electron chi connectivity index (χ3n) is 4.43. The van der Waals surface area contributed by atoms with Crippen LogP contribution in [0.2, 0.25) is 0 Å². The molecule has 0 spiro atoms. The summed E-state index contributed by atoms with van der Waals surface area (Å²) in [5.74, 6) is 0.945. The summed E-state index contributed by atoms with van der Waals surface area (Å²) in [6.45, 7) is 6.29. The van der Waals surface area contributed by atoms with Crippen molar-refractivity contribution < 1.29 is 4.52 Å². The normalized spacial score (nSPS) is 16.5. The largest absolute Gasteiger partial charge is 0.359 e. The number of rotatable bonds is 5. The van der Waals surface area contributed by atoms with Crippen molar-refractivity contribution >= 4 is 11.3 Å². The molecule has 1 saturated heterocycles. The van der Waals surface area contributed by atoms with Gasteiger partial charge in [-0.2, -0.15) is 0 Å². The van der Waals surface area contributed by atoms with Crippen molar-refractivity contribution in [3.63, 3.8) is 0 Å². The minimum Gasteiger partial charge on any atom is -0.359 e. The van der Waals surface area contributed by atoms with Crippen molar-refractivity contribution in [2.24, 2.45) is 0 Å². The number of thiophene rings is 1. The van der Waals surface area contributed by atoms with E-state index in [1.807, 2.05) is 29.5 Å². The Morgan fingerprint density at radius 1 is 0.917 bits per heavy atom. The summed E-state index contributed by atoms with van der Waals surface area (Å²) in [5, 5.41) is 6.36. The fourth-order valence-corrected chi connectivity index (χ4v) is 3.83. The Morgan fingerprint density at radius 3 is 2.38 bits per heavy atom. The fourth-order valence-electron chi connectivity index (χ4n) is 3.08. The number of hydrogen-bond donors (Lipinski definition) is 0. The van der Waals surface area contributed by atoms with Crippen molar-refractivity contribution in [2.45, 2.75) is 13.1 Å². The van der Waals surface area contributed by atoms with Crippen LogP contribution in [-0.4, -0.2) is 41.1 Å². The SMILES string of the molecule is c1ccc(-c2cc(CN3CCN(Cc4cccs4)CC3)on2)cc1. The maximum atomic E-state index is 5.53. The average molecular weight is 339 g/mol. The molecule has 3 aromatic rings. The van der Waals surface area contributed by atoms with Gasteiger partial charge < -0.3 is 4.52 Å². The zero-order chi connectivity index (χ0) is 16.2. The molecule has 5 heteroatoms. The molecule has 0 bridgehead atoms. The predicted octanol–water partition coefficient (Wildman–Crippen LogP) is 3.72. The van der Waals surface area contributed by atoms with Crippen LogP contribution in [0.25, 0.3) is 11.3 Å². The fraction of sp³-hybridized carbons (Fsp3) is 0.316. The molecule has 1 fully saturated rings. The van der Waals surface area contributed by atoms with E-state index in [-0.39, 0.29) is 0 Å². The van der Waals surface area contributed by atoms with E-state index in [1.54, 1.807) is 0 Å². The van der Waals surface area contributed by atoms with E-state index < -0.39 is 0 Å². The van der Waals surface area contributed by atoms with Crippen molar-refractivity contribution in [3.8, 4) is 11.3 Å². The van der Waals surface area contributed by atoms with Crippen LogP contribution >= 0.6 is 11.3 Å². The molecule has 1 aliphatic heterocycles. The highest BCUT2D eigenvalue weighted by Crippen LogP contribution is 2.20. The lowest BCUT2D eigenvalue weighted by Crippen LogP contribution is -2.45. The molecule has 0 atom stereocenters. The molecule has 1 aliphatic rings. The Labute approximate surface area is 146 Å². The highest BCUT2D eigenvalue weighted by atomic mass is 32.1. The first-order valence-electron chi connectivity index (χ1n) is 8.35. The first-order chi connectivity index (χ1) is 11.9.